The average molecular weight is 739 g/mol. The maximum atomic E-state index is 11.4. The van der Waals surface area contributed by atoms with E-state index < -0.39 is 10.0 Å². The highest BCUT2D eigenvalue weighted by atomic mass is 32.2. The summed E-state index contributed by atoms with van der Waals surface area (Å²) in [7, 11) is -3.35. The van der Waals surface area contributed by atoms with Gasteiger partial charge >= 0.3 is 0 Å². The minimum absolute atomic E-state index is 0.0740. The van der Waals surface area contributed by atoms with Crippen molar-refractivity contribution in [2.24, 2.45) is 0 Å². The lowest BCUT2D eigenvalue weighted by Crippen LogP contribution is -2.10. The fraction of sp³-hybridized carbons (Fsp3) is 0.128. The molecule has 0 saturated carbocycles. The Morgan fingerprint density at radius 2 is 1.11 bits per heavy atom. The van der Waals surface area contributed by atoms with Crippen molar-refractivity contribution in [3.8, 4) is 11.6 Å². The number of benzene rings is 4. The number of aromatic nitrogens is 8. The van der Waals surface area contributed by atoms with E-state index in [9.17, 15) is 8.42 Å². The summed E-state index contributed by atoms with van der Waals surface area (Å²) >= 11 is 0. The molecule has 0 radical (unpaired) electrons. The number of hydrogen-bond acceptors (Lipinski definition) is 11. The molecule has 15 heteroatoms. The third kappa shape index (κ3) is 8.43. The smallest absolute Gasteiger partial charge is 0.229 e. The normalized spacial score (nSPS) is 12.4. The number of imidazole rings is 2. The summed E-state index contributed by atoms with van der Waals surface area (Å²) in [6, 6.07) is 31.3. The van der Waals surface area contributed by atoms with Gasteiger partial charge in [-0.15, -0.1) is 0 Å². The van der Waals surface area contributed by atoms with E-state index in [1.807, 2.05) is 63.7 Å². The van der Waals surface area contributed by atoms with Crippen LogP contribution in [0, 0.1) is 0 Å². The van der Waals surface area contributed by atoms with Gasteiger partial charge in [0.05, 0.1) is 58.8 Å². The van der Waals surface area contributed by atoms with Gasteiger partial charge in [0.25, 0.3) is 0 Å². The van der Waals surface area contributed by atoms with Gasteiger partial charge in [-0.1, -0.05) is 60.7 Å². The molecular formula is C39H38N12O2S. The molecule has 2 atom stereocenters. The fourth-order valence-electron chi connectivity index (χ4n) is 5.86. The molecule has 0 aliphatic carbocycles. The number of sulfonamides is 1. The van der Waals surface area contributed by atoms with Crippen LogP contribution in [0.15, 0.2) is 135 Å². The van der Waals surface area contributed by atoms with Crippen LogP contribution in [-0.2, 0) is 10.0 Å². The highest BCUT2D eigenvalue weighted by molar-refractivity contribution is 7.92. The number of nitrogen functional groups attached to an aromatic ring is 1. The van der Waals surface area contributed by atoms with Crippen molar-refractivity contribution in [3.05, 3.63) is 146 Å². The van der Waals surface area contributed by atoms with Gasteiger partial charge in [-0.25, -0.2) is 28.4 Å². The van der Waals surface area contributed by atoms with E-state index >= 15 is 0 Å². The number of rotatable bonds is 10. The number of nitrogens with one attached hydrogen (secondary N) is 3. The molecule has 0 unspecified atom stereocenters. The predicted octanol–water partition coefficient (Wildman–Crippen LogP) is 6.93. The highest BCUT2D eigenvalue weighted by Crippen LogP contribution is 2.24. The Morgan fingerprint density at radius 3 is 1.61 bits per heavy atom. The minimum atomic E-state index is -3.35. The molecule has 0 amide bonds. The zero-order valence-electron chi connectivity index (χ0n) is 29.7. The van der Waals surface area contributed by atoms with Crippen molar-refractivity contribution >= 4 is 55.1 Å². The van der Waals surface area contributed by atoms with Crippen LogP contribution in [0.2, 0.25) is 0 Å². The predicted molar refractivity (Wildman–Crippen MR) is 213 cm³/mol. The topological polar surface area (TPSA) is 183 Å². The molecule has 0 spiro atoms. The summed E-state index contributed by atoms with van der Waals surface area (Å²) in [5, 5.41) is 6.75. The van der Waals surface area contributed by atoms with E-state index in [1.165, 1.54) is 5.56 Å². The van der Waals surface area contributed by atoms with Crippen LogP contribution in [0.1, 0.15) is 37.1 Å². The average Bonchev–Trinajstić information content (AvgIpc) is 3.79. The summed E-state index contributed by atoms with van der Waals surface area (Å²) < 4.78 is 29.0. The fourth-order valence-corrected chi connectivity index (χ4v) is 6.42. The number of nitrogens with zero attached hydrogens (tertiary/aromatic N) is 8. The summed E-state index contributed by atoms with van der Waals surface area (Å²) in [6.07, 6.45) is 11.3. The molecule has 4 aromatic heterocycles. The molecule has 8 rings (SSSR count). The summed E-state index contributed by atoms with van der Waals surface area (Å²) in [5.41, 5.74) is 12.5. The van der Waals surface area contributed by atoms with E-state index in [1.54, 1.807) is 55.6 Å². The second kappa shape index (κ2) is 15.4. The van der Waals surface area contributed by atoms with Crippen molar-refractivity contribution in [1.29, 1.82) is 0 Å². The van der Waals surface area contributed by atoms with Gasteiger partial charge in [0.1, 0.15) is 24.3 Å². The summed E-state index contributed by atoms with van der Waals surface area (Å²) in [4.78, 5) is 26.7. The molecule has 4 aromatic carbocycles. The molecule has 14 nitrogen and oxygen atoms in total. The zero-order chi connectivity index (χ0) is 37.7. The van der Waals surface area contributed by atoms with Crippen LogP contribution in [0.25, 0.3) is 33.7 Å². The Kier molecular flexibility index (Phi) is 10.1. The third-order valence-corrected chi connectivity index (χ3v) is 9.09. The largest absolute Gasteiger partial charge is 0.399 e. The molecule has 0 bridgehead atoms. The van der Waals surface area contributed by atoms with Crippen LogP contribution in [0.4, 0.5) is 23.0 Å². The van der Waals surface area contributed by atoms with Gasteiger partial charge in [0.15, 0.2) is 11.6 Å². The molecule has 0 aliphatic heterocycles. The molecule has 0 fully saturated rings. The number of hydrogen-bond donors (Lipinski definition) is 4. The number of anilines is 4. The second-order valence-electron chi connectivity index (χ2n) is 12.6. The van der Waals surface area contributed by atoms with Crippen molar-refractivity contribution in [2.75, 3.05) is 27.3 Å². The Morgan fingerprint density at radius 1 is 0.630 bits per heavy atom. The van der Waals surface area contributed by atoms with Crippen LogP contribution >= 0.6 is 0 Å². The van der Waals surface area contributed by atoms with Crippen LogP contribution in [0.3, 0.4) is 0 Å². The van der Waals surface area contributed by atoms with Crippen LogP contribution < -0.4 is 21.1 Å². The first-order valence-electron chi connectivity index (χ1n) is 17.0. The molecule has 0 saturated heterocycles. The lowest BCUT2D eigenvalue weighted by atomic mass is 10.1. The molecule has 272 valence electrons. The zero-order valence-corrected chi connectivity index (χ0v) is 30.6. The van der Waals surface area contributed by atoms with Gasteiger partial charge in [-0.2, -0.15) is 0 Å². The highest BCUT2D eigenvalue weighted by Gasteiger charge is 2.12. The summed E-state index contributed by atoms with van der Waals surface area (Å²) in [6.45, 7) is 4.16. The SMILES string of the molecule is C[C@H](Nc1cncc(-n2cnc3cc(N)ccc32)n1)c1ccccc1.C[C@H](Nc1cncc(-n2cnc3cc(NS(C)(=O)=O)ccc32)n1)c1ccccc1. The number of nitrogens with two attached hydrogens (primary N) is 1. The van der Waals surface area contributed by atoms with Crippen LogP contribution in [0.5, 0.6) is 0 Å². The Labute approximate surface area is 312 Å². The molecular weight excluding hydrogens is 701 g/mol. The first-order valence-corrected chi connectivity index (χ1v) is 18.9. The van der Waals surface area contributed by atoms with Gasteiger partial charge in [-0.05, 0) is 61.4 Å². The second-order valence-corrected chi connectivity index (χ2v) is 14.4. The molecule has 5 N–H and O–H groups in total. The molecule has 54 heavy (non-hydrogen) atoms. The first kappa shape index (κ1) is 35.5. The van der Waals surface area contributed by atoms with Crippen molar-refractivity contribution in [2.45, 2.75) is 25.9 Å². The quantitative estimate of drug-likeness (QED) is 0.107. The lowest BCUT2D eigenvalue weighted by molar-refractivity contribution is 0.607. The summed E-state index contributed by atoms with van der Waals surface area (Å²) in [5.74, 6) is 2.68. The Hall–Kier alpha value is -6.87. The maximum absolute atomic E-state index is 11.4. The van der Waals surface area contributed by atoms with E-state index in [0.717, 1.165) is 28.4 Å². The van der Waals surface area contributed by atoms with E-state index in [-0.39, 0.29) is 12.1 Å². The first-order chi connectivity index (χ1) is 26.1. The van der Waals surface area contributed by atoms with E-state index in [4.69, 9.17) is 5.73 Å². The van der Waals surface area contributed by atoms with Gasteiger partial charge in [0, 0.05) is 17.8 Å². The monoisotopic (exact) mass is 738 g/mol. The maximum Gasteiger partial charge on any atom is 0.229 e. The standard InChI is InChI=1S/C20H20N6O2S.C19H18N6/c1-14(15-6-4-3-5-7-15)23-19-11-21-12-20(24-19)26-13-22-17-10-16(8-9-18(17)26)25-29(2,27)28;1-13(14-5-3-2-4-6-14)23-18-10-21-11-19(24-18)25-12-22-16-9-15(20)7-8-17(16)25/h3-14,25H,1-2H3,(H,23,24);2-13H,20H2,1H3,(H,23,24)/t14-;13-/m00/s1. The van der Waals surface area contributed by atoms with Crippen molar-refractivity contribution in [3.63, 3.8) is 0 Å². The van der Waals surface area contributed by atoms with Gasteiger partial charge in [0.2, 0.25) is 10.0 Å². The molecule has 8 aromatic rings. The van der Waals surface area contributed by atoms with Crippen molar-refractivity contribution < 1.29 is 8.42 Å². The van der Waals surface area contributed by atoms with Gasteiger partial charge in [-0.3, -0.25) is 23.8 Å². The molecule has 4 heterocycles. The van der Waals surface area contributed by atoms with Crippen LogP contribution in [-0.4, -0.2) is 53.7 Å². The lowest BCUT2D eigenvalue weighted by Gasteiger charge is -2.15. The Bertz CT molecular complexity index is 2630. The number of fused-ring (bicyclic) bond motifs is 2. The van der Waals surface area contributed by atoms with Gasteiger partial charge < -0.3 is 16.4 Å². The third-order valence-electron chi connectivity index (χ3n) is 8.49. The van der Waals surface area contributed by atoms with E-state index in [0.29, 0.717) is 40.2 Å². The minimum Gasteiger partial charge on any atom is -0.399 e. The van der Waals surface area contributed by atoms with E-state index in [2.05, 4.69) is 83.4 Å². The Balaban J connectivity index is 0.000000168. The van der Waals surface area contributed by atoms with Crippen molar-refractivity contribution in [1.82, 2.24) is 39.0 Å². The molecule has 0 aliphatic rings.